The number of amides is 2. The topological polar surface area (TPSA) is 58.2 Å². The Kier molecular flexibility index (Phi) is 4.96. The molecule has 0 radical (unpaired) electrons. The van der Waals surface area contributed by atoms with Crippen molar-refractivity contribution in [2.45, 2.75) is 19.5 Å². The molecule has 0 bridgehead atoms. The van der Waals surface area contributed by atoms with Crippen LogP contribution >= 0.6 is 0 Å². The third-order valence-electron chi connectivity index (χ3n) is 1.27. The van der Waals surface area contributed by atoms with Crippen LogP contribution in [0, 0.1) is 0 Å². The van der Waals surface area contributed by atoms with Crippen LogP contribution in [0.2, 0.25) is 0 Å². The van der Waals surface area contributed by atoms with Crippen LogP contribution < -0.4 is 10.6 Å². The molecule has 2 N–H and O–H groups in total. The molecule has 0 aromatic carbocycles. The van der Waals surface area contributed by atoms with Crippen LogP contribution in [0.5, 0.6) is 0 Å². The van der Waals surface area contributed by atoms with Gasteiger partial charge in [0.15, 0.2) is 0 Å². The van der Waals surface area contributed by atoms with Crippen molar-refractivity contribution in [3.05, 3.63) is 0 Å². The number of alkyl halides is 3. The average Bonchev–Trinajstić information content (AvgIpc) is 2.01. The number of carbonyl (C=O) groups is 2. The predicted molar refractivity (Wildman–Crippen MR) is 42.4 cm³/mol. The molecule has 4 nitrogen and oxygen atoms in total. The Labute approximate surface area is 78.8 Å². The van der Waals surface area contributed by atoms with E-state index in [0.717, 1.165) is 0 Å². The number of halogens is 3. The lowest BCUT2D eigenvalue weighted by Crippen LogP contribution is -2.38. The smallest absolute Gasteiger partial charge is 0.356 e. The maximum Gasteiger partial charge on any atom is 0.471 e. The maximum atomic E-state index is 11.6. The number of rotatable bonds is 4. The Hall–Kier alpha value is -1.27. The molecule has 0 fully saturated rings. The van der Waals surface area contributed by atoms with Crippen molar-refractivity contribution in [2.24, 2.45) is 0 Å². The molecule has 0 unspecified atom stereocenters. The van der Waals surface area contributed by atoms with Crippen molar-refractivity contribution in [1.82, 2.24) is 10.6 Å². The molecule has 0 saturated heterocycles. The zero-order valence-electron chi connectivity index (χ0n) is 7.57. The average molecular weight is 212 g/mol. The summed E-state index contributed by atoms with van der Waals surface area (Å²) in [4.78, 5) is 20.6. The van der Waals surface area contributed by atoms with E-state index < -0.39 is 12.1 Å². The van der Waals surface area contributed by atoms with E-state index in [1.54, 1.807) is 5.32 Å². The second-order valence-electron chi connectivity index (χ2n) is 2.59. The minimum Gasteiger partial charge on any atom is -0.356 e. The molecule has 0 heterocycles. The van der Waals surface area contributed by atoms with Crippen LogP contribution in [-0.2, 0) is 9.59 Å². The van der Waals surface area contributed by atoms with E-state index in [4.69, 9.17) is 0 Å². The van der Waals surface area contributed by atoms with Crippen molar-refractivity contribution in [3.8, 4) is 0 Å². The van der Waals surface area contributed by atoms with Crippen LogP contribution in [0.25, 0.3) is 0 Å². The first-order valence-electron chi connectivity index (χ1n) is 3.93. The molecule has 0 aliphatic rings. The summed E-state index contributed by atoms with van der Waals surface area (Å²) in [7, 11) is 0. The van der Waals surface area contributed by atoms with E-state index in [-0.39, 0.29) is 25.4 Å². The summed E-state index contributed by atoms with van der Waals surface area (Å²) in [5.74, 6) is -2.22. The largest absolute Gasteiger partial charge is 0.471 e. The van der Waals surface area contributed by atoms with Gasteiger partial charge in [0, 0.05) is 20.0 Å². The lowest BCUT2D eigenvalue weighted by Gasteiger charge is -2.07. The molecule has 0 spiro atoms. The van der Waals surface area contributed by atoms with Crippen molar-refractivity contribution in [2.75, 3.05) is 13.1 Å². The third kappa shape index (κ3) is 6.27. The fourth-order valence-corrected chi connectivity index (χ4v) is 0.655. The van der Waals surface area contributed by atoms with Gasteiger partial charge in [0.2, 0.25) is 5.91 Å². The van der Waals surface area contributed by atoms with Gasteiger partial charge >= 0.3 is 12.1 Å². The SMILES string of the molecule is CC(=O)NCCCNC(=O)C(F)(F)F. The third-order valence-corrected chi connectivity index (χ3v) is 1.27. The minimum absolute atomic E-state index is 0.112. The van der Waals surface area contributed by atoms with E-state index in [2.05, 4.69) is 5.32 Å². The predicted octanol–water partition coefficient (Wildman–Crippen LogP) is 0.191. The molecular weight excluding hydrogens is 201 g/mol. The summed E-state index contributed by atoms with van der Waals surface area (Å²) in [6, 6.07) is 0. The molecule has 82 valence electrons. The highest BCUT2D eigenvalue weighted by atomic mass is 19.4. The first-order chi connectivity index (χ1) is 6.34. The molecular formula is C7H11F3N2O2. The van der Waals surface area contributed by atoms with Gasteiger partial charge in [-0.2, -0.15) is 13.2 Å². The van der Waals surface area contributed by atoms with Gasteiger partial charge in [0.25, 0.3) is 0 Å². The van der Waals surface area contributed by atoms with Gasteiger partial charge in [-0.3, -0.25) is 9.59 Å². The maximum absolute atomic E-state index is 11.6. The fourth-order valence-electron chi connectivity index (χ4n) is 0.655. The van der Waals surface area contributed by atoms with Gasteiger partial charge < -0.3 is 10.6 Å². The first-order valence-corrected chi connectivity index (χ1v) is 3.93. The highest BCUT2D eigenvalue weighted by Gasteiger charge is 2.38. The summed E-state index contributed by atoms with van der Waals surface area (Å²) >= 11 is 0. The van der Waals surface area contributed by atoms with Gasteiger partial charge in [-0.25, -0.2) is 0 Å². The Morgan fingerprint density at radius 3 is 2.07 bits per heavy atom. The van der Waals surface area contributed by atoms with Gasteiger partial charge in [-0.05, 0) is 6.42 Å². The highest BCUT2D eigenvalue weighted by molar-refractivity contribution is 5.81. The molecule has 0 atom stereocenters. The van der Waals surface area contributed by atoms with Crippen LogP contribution in [-0.4, -0.2) is 31.1 Å². The Balaban J connectivity index is 3.46. The number of carbonyl (C=O) groups excluding carboxylic acids is 2. The summed E-state index contributed by atoms with van der Waals surface area (Å²) in [5, 5.41) is 4.07. The zero-order valence-corrected chi connectivity index (χ0v) is 7.57. The van der Waals surface area contributed by atoms with Gasteiger partial charge in [0.05, 0.1) is 0 Å². The van der Waals surface area contributed by atoms with E-state index >= 15 is 0 Å². The molecule has 14 heavy (non-hydrogen) atoms. The monoisotopic (exact) mass is 212 g/mol. The Bertz CT molecular complexity index is 215. The minimum atomic E-state index is -4.84. The molecule has 2 amide bonds. The molecule has 0 aliphatic carbocycles. The molecule has 0 aliphatic heterocycles. The van der Waals surface area contributed by atoms with E-state index in [9.17, 15) is 22.8 Å². The molecule has 0 aromatic heterocycles. The molecule has 0 aromatic rings. The van der Waals surface area contributed by atoms with Crippen molar-refractivity contribution >= 4 is 11.8 Å². The van der Waals surface area contributed by atoms with E-state index in [1.165, 1.54) is 6.92 Å². The van der Waals surface area contributed by atoms with Crippen LogP contribution in [0.15, 0.2) is 0 Å². The summed E-state index contributed by atoms with van der Waals surface area (Å²) < 4.78 is 34.8. The van der Waals surface area contributed by atoms with Gasteiger partial charge in [-0.15, -0.1) is 0 Å². The van der Waals surface area contributed by atoms with Crippen LogP contribution in [0.4, 0.5) is 13.2 Å². The van der Waals surface area contributed by atoms with Crippen LogP contribution in [0.1, 0.15) is 13.3 Å². The Morgan fingerprint density at radius 2 is 1.64 bits per heavy atom. The molecule has 0 saturated carbocycles. The van der Waals surface area contributed by atoms with Gasteiger partial charge in [-0.1, -0.05) is 0 Å². The molecule has 7 heteroatoms. The van der Waals surface area contributed by atoms with Crippen molar-refractivity contribution in [1.29, 1.82) is 0 Å². The standard InChI is InChI=1S/C7H11F3N2O2/c1-5(13)11-3-2-4-12-6(14)7(8,9)10/h2-4H2,1H3,(H,11,13)(H,12,14). The Morgan fingerprint density at radius 1 is 1.14 bits per heavy atom. The highest BCUT2D eigenvalue weighted by Crippen LogP contribution is 2.13. The summed E-state index contributed by atoms with van der Waals surface area (Å²) in [6.07, 6.45) is -4.57. The van der Waals surface area contributed by atoms with Gasteiger partial charge in [0.1, 0.15) is 0 Å². The van der Waals surface area contributed by atoms with Crippen molar-refractivity contribution in [3.63, 3.8) is 0 Å². The van der Waals surface area contributed by atoms with Crippen LogP contribution in [0.3, 0.4) is 0 Å². The first kappa shape index (κ1) is 12.7. The van der Waals surface area contributed by atoms with Crippen molar-refractivity contribution < 1.29 is 22.8 Å². The second-order valence-corrected chi connectivity index (χ2v) is 2.59. The summed E-state index contributed by atoms with van der Waals surface area (Å²) in [6.45, 7) is 1.43. The molecule has 0 rings (SSSR count). The van der Waals surface area contributed by atoms with E-state index in [1.807, 2.05) is 0 Å². The second kappa shape index (κ2) is 5.46. The summed E-state index contributed by atoms with van der Waals surface area (Å²) in [5.41, 5.74) is 0. The van der Waals surface area contributed by atoms with E-state index in [0.29, 0.717) is 0 Å². The quantitative estimate of drug-likeness (QED) is 0.653. The number of hydrogen-bond acceptors (Lipinski definition) is 2. The number of nitrogens with one attached hydrogen (secondary N) is 2. The lowest BCUT2D eigenvalue weighted by atomic mass is 10.4. The fraction of sp³-hybridized carbons (Fsp3) is 0.714. The lowest BCUT2D eigenvalue weighted by molar-refractivity contribution is -0.173. The zero-order chi connectivity index (χ0) is 11.2. The normalized spacial score (nSPS) is 10.9. The number of hydrogen-bond donors (Lipinski definition) is 2.